The quantitative estimate of drug-likeness (QED) is 0.676. The largest absolute Gasteiger partial charge is 0.434 e. The fourth-order valence-electron chi connectivity index (χ4n) is 2.91. The smallest absolute Gasteiger partial charge is 0.387 e. The van der Waals surface area contributed by atoms with Crippen molar-refractivity contribution < 1.29 is 23.1 Å². The summed E-state index contributed by atoms with van der Waals surface area (Å²) in [6, 6.07) is 5.35. The molecule has 25 heavy (non-hydrogen) atoms. The van der Waals surface area contributed by atoms with Gasteiger partial charge in [0.1, 0.15) is 5.75 Å². The van der Waals surface area contributed by atoms with E-state index in [1.54, 1.807) is 6.07 Å². The number of benzene rings is 1. The Morgan fingerprint density at radius 1 is 1.24 bits per heavy atom. The standard InChI is InChI=1S/C19H30F2O3Si/c1-19(2,3)25(4,5)23-12-15-10-13(14-6-8-16(22)11-14)7-9-17(15)24-18(20)21/h7,9-10,14,16,18,22H,6,8,11-12H2,1-5H3. The van der Waals surface area contributed by atoms with E-state index in [9.17, 15) is 13.9 Å². The summed E-state index contributed by atoms with van der Waals surface area (Å²) in [5, 5.41) is 9.81. The Morgan fingerprint density at radius 2 is 1.92 bits per heavy atom. The summed E-state index contributed by atoms with van der Waals surface area (Å²) in [5.74, 6) is 0.443. The van der Waals surface area contributed by atoms with Crippen LogP contribution in [-0.4, -0.2) is 26.1 Å². The van der Waals surface area contributed by atoms with Crippen LogP contribution in [0.1, 0.15) is 57.1 Å². The second-order valence-corrected chi connectivity index (χ2v) is 13.3. The van der Waals surface area contributed by atoms with Gasteiger partial charge in [-0.1, -0.05) is 26.8 Å². The number of hydrogen-bond donors (Lipinski definition) is 1. The highest BCUT2D eigenvalue weighted by atomic mass is 28.4. The Hall–Kier alpha value is -0.983. The number of aliphatic hydroxyl groups excluding tert-OH is 1. The lowest BCUT2D eigenvalue weighted by molar-refractivity contribution is -0.0509. The van der Waals surface area contributed by atoms with Crippen LogP contribution in [0.25, 0.3) is 0 Å². The molecule has 1 aliphatic carbocycles. The first kappa shape index (κ1) is 20.3. The van der Waals surface area contributed by atoms with Crippen molar-refractivity contribution in [2.75, 3.05) is 0 Å². The zero-order chi connectivity index (χ0) is 18.8. The molecule has 0 heterocycles. The molecule has 1 aromatic carbocycles. The predicted molar refractivity (Wildman–Crippen MR) is 97.7 cm³/mol. The van der Waals surface area contributed by atoms with Crippen LogP contribution in [0.15, 0.2) is 18.2 Å². The average molecular weight is 373 g/mol. The van der Waals surface area contributed by atoms with Gasteiger partial charge in [-0.05, 0) is 61.0 Å². The van der Waals surface area contributed by atoms with E-state index in [1.165, 1.54) is 0 Å². The molecule has 1 N–H and O–H groups in total. The third-order valence-electron chi connectivity index (χ3n) is 5.57. The molecule has 1 aromatic rings. The lowest BCUT2D eigenvalue weighted by Crippen LogP contribution is -2.40. The summed E-state index contributed by atoms with van der Waals surface area (Å²) < 4.78 is 36.4. The maximum atomic E-state index is 12.7. The lowest BCUT2D eigenvalue weighted by atomic mass is 9.95. The van der Waals surface area contributed by atoms with E-state index in [4.69, 9.17) is 4.43 Å². The summed E-state index contributed by atoms with van der Waals surface area (Å²) in [5.41, 5.74) is 1.72. The van der Waals surface area contributed by atoms with Gasteiger partial charge >= 0.3 is 6.61 Å². The summed E-state index contributed by atoms with van der Waals surface area (Å²) >= 11 is 0. The van der Waals surface area contributed by atoms with E-state index in [0.29, 0.717) is 5.56 Å². The third-order valence-corrected chi connectivity index (χ3v) is 10.1. The Kier molecular flexibility index (Phi) is 6.28. The van der Waals surface area contributed by atoms with Crippen molar-refractivity contribution in [3.05, 3.63) is 29.3 Å². The topological polar surface area (TPSA) is 38.7 Å². The Morgan fingerprint density at radius 3 is 2.44 bits per heavy atom. The van der Waals surface area contributed by atoms with Crippen LogP contribution in [0.4, 0.5) is 8.78 Å². The molecule has 1 fully saturated rings. The normalized spacial score (nSPS) is 21.8. The van der Waals surface area contributed by atoms with Gasteiger partial charge in [0.2, 0.25) is 0 Å². The number of ether oxygens (including phenoxy) is 1. The first-order valence-electron chi connectivity index (χ1n) is 8.89. The first-order valence-corrected chi connectivity index (χ1v) is 11.8. The molecule has 0 amide bonds. The highest BCUT2D eigenvalue weighted by Gasteiger charge is 2.37. The SMILES string of the molecule is CC(C)(C)[Si](C)(C)OCc1cc(C2CCC(O)C2)ccc1OC(F)F. The van der Waals surface area contributed by atoms with Crippen molar-refractivity contribution in [3.8, 4) is 5.75 Å². The monoisotopic (exact) mass is 372 g/mol. The van der Waals surface area contributed by atoms with E-state index < -0.39 is 14.9 Å². The van der Waals surface area contributed by atoms with Gasteiger partial charge in [0, 0.05) is 5.56 Å². The molecule has 1 aliphatic rings. The maximum Gasteiger partial charge on any atom is 0.387 e. The highest BCUT2D eigenvalue weighted by Crippen LogP contribution is 2.39. The summed E-state index contributed by atoms with van der Waals surface area (Å²) in [4.78, 5) is 0. The third kappa shape index (κ3) is 5.25. The van der Waals surface area contributed by atoms with Gasteiger partial charge in [-0.3, -0.25) is 0 Å². The molecule has 0 aromatic heterocycles. The molecular formula is C19H30F2O3Si. The van der Waals surface area contributed by atoms with E-state index in [-0.39, 0.29) is 29.4 Å². The molecule has 0 saturated heterocycles. The maximum absolute atomic E-state index is 12.7. The van der Waals surface area contributed by atoms with Crippen molar-refractivity contribution in [1.82, 2.24) is 0 Å². The number of aliphatic hydroxyl groups is 1. The van der Waals surface area contributed by atoms with Gasteiger partial charge in [0.15, 0.2) is 8.32 Å². The minimum Gasteiger partial charge on any atom is -0.434 e. The second-order valence-electron chi connectivity index (χ2n) is 8.46. The van der Waals surface area contributed by atoms with Crippen LogP contribution in [0.2, 0.25) is 18.1 Å². The van der Waals surface area contributed by atoms with Crippen LogP contribution in [0.5, 0.6) is 5.75 Å². The zero-order valence-corrected chi connectivity index (χ0v) is 16.8. The molecular weight excluding hydrogens is 342 g/mol. The number of rotatable bonds is 6. The molecule has 0 radical (unpaired) electrons. The van der Waals surface area contributed by atoms with E-state index >= 15 is 0 Å². The molecule has 2 rings (SSSR count). The minimum atomic E-state index is -2.86. The Balaban J connectivity index is 2.22. The summed E-state index contributed by atoms with van der Waals surface area (Å²) in [7, 11) is -1.99. The van der Waals surface area contributed by atoms with Crippen molar-refractivity contribution in [3.63, 3.8) is 0 Å². The highest BCUT2D eigenvalue weighted by molar-refractivity contribution is 6.74. The molecule has 142 valence electrons. The number of hydrogen-bond acceptors (Lipinski definition) is 3. The van der Waals surface area contributed by atoms with Gasteiger partial charge in [0.05, 0.1) is 12.7 Å². The first-order chi connectivity index (χ1) is 11.5. The van der Waals surface area contributed by atoms with Crippen molar-refractivity contribution in [2.24, 2.45) is 0 Å². The van der Waals surface area contributed by atoms with E-state index in [1.807, 2.05) is 12.1 Å². The molecule has 2 atom stereocenters. The molecule has 6 heteroatoms. The van der Waals surface area contributed by atoms with Crippen LogP contribution in [0, 0.1) is 0 Å². The van der Waals surface area contributed by atoms with Gasteiger partial charge in [0.25, 0.3) is 0 Å². The Labute approximate surface area is 150 Å². The molecule has 2 unspecified atom stereocenters. The van der Waals surface area contributed by atoms with Gasteiger partial charge < -0.3 is 14.3 Å². The van der Waals surface area contributed by atoms with E-state index in [2.05, 4.69) is 38.6 Å². The summed E-state index contributed by atoms with van der Waals surface area (Å²) in [6.45, 7) is 8.12. The molecule has 3 nitrogen and oxygen atoms in total. The zero-order valence-electron chi connectivity index (χ0n) is 15.8. The Bertz CT molecular complexity index is 585. The lowest BCUT2D eigenvalue weighted by Gasteiger charge is -2.36. The van der Waals surface area contributed by atoms with Crippen LogP contribution in [0.3, 0.4) is 0 Å². The van der Waals surface area contributed by atoms with Crippen LogP contribution >= 0.6 is 0 Å². The molecule has 0 spiro atoms. The van der Waals surface area contributed by atoms with Crippen molar-refractivity contribution >= 4 is 8.32 Å². The average Bonchev–Trinajstić information content (AvgIpc) is 2.91. The van der Waals surface area contributed by atoms with Gasteiger partial charge in [-0.25, -0.2) is 0 Å². The van der Waals surface area contributed by atoms with Crippen molar-refractivity contribution in [1.29, 1.82) is 0 Å². The van der Waals surface area contributed by atoms with Crippen molar-refractivity contribution in [2.45, 2.75) is 83.4 Å². The predicted octanol–water partition coefficient (Wildman–Crippen LogP) is 5.44. The number of alkyl halides is 2. The minimum absolute atomic E-state index is 0.0455. The van der Waals surface area contributed by atoms with Crippen LogP contribution in [-0.2, 0) is 11.0 Å². The summed E-state index contributed by atoms with van der Waals surface area (Å²) in [6.07, 6.45) is 2.15. The van der Waals surface area contributed by atoms with Gasteiger partial charge in [-0.15, -0.1) is 0 Å². The molecule has 0 bridgehead atoms. The fourth-order valence-corrected chi connectivity index (χ4v) is 3.86. The van der Waals surface area contributed by atoms with E-state index in [0.717, 1.165) is 24.8 Å². The molecule has 0 aliphatic heterocycles. The fraction of sp³-hybridized carbons (Fsp3) is 0.684. The van der Waals surface area contributed by atoms with Crippen LogP contribution < -0.4 is 4.74 Å². The van der Waals surface area contributed by atoms with Gasteiger partial charge in [-0.2, -0.15) is 8.78 Å². The second kappa shape index (κ2) is 7.72. The number of halogens is 2. The molecule has 1 saturated carbocycles.